The molecule has 2 fully saturated rings. The van der Waals surface area contributed by atoms with Crippen molar-refractivity contribution in [2.45, 2.75) is 25.8 Å². The van der Waals surface area contributed by atoms with Crippen LogP contribution in [0.15, 0.2) is 53.4 Å². The van der Waals surface area contributed by atoms with Crippen LogP contribution in [0.5, 0.6) is 0 Å². The molecule has 0 saturated carbocycles. The molecule has 0 N–H and O–H groups in total. The van der Waals surface area contributed by atoms with Crippen molar-refractivity contribution in [1.29, 1.82) is 0 Å². The van der Waals surface area contributed by atoms with Crippen molar-refractivity contribution in [3.05, 3.63) is 69.6 Å². The summed E-state index contributed by atoms with van der Waals surface area (Å²) in [5.41, 5.74) is 2.97. The lowest BCUT2D eigenvalue weighted by Crippen LogP contribution is -2.29. The van der Waals surface area contributed by atoms with E-state index in [9.17, 15) is 9.59 Å². The number of nitrogens with zero attached hydrogens (tertiary/aromatic N) is 2. The molecule has 144 valence electrons. The number of thioether (sulfide) groups is 1. The maximum atomic E-state index is 12.7. The number of imide groups is 1. The molecule has 28 heavy (non-hydrogen) atoms. The molecule has 2 amide bonds. The molecular formula is C22H21ClN2O2S. The third-order valence-corrected chi connectivity index (χ3v) is 6.16. The first-order chi connectivity index (χ1) is 13.6. The van der Waals surface area contributed by atoms with Crippen molar-refractivity contribution in [2.24, 2.45) is 0 Å². The summed E-state index contributed by atoms with van der Waals surface area (Å²) in [5, 5.41) is 0.343. The number of hydrogen-bond donors (Lipinski definition) is 0. The number of carbonyl (C=O) groups excluding carboxylic acids is 2. The molecule has 4 nitrogen and oxygen atoms in total. The lowest BCUT2D eigenvalue weighted by Gasteiger charge is -2.28. The minimum atomic E-state index is -0.255. The van der Waals surface area contributed by atoms with Gasteiger partial charge in [0.15, 0.2) is 0 Å². The Kier molecular flexibility index (Phi) is 5.74. The molecule has 2 aliphatic heterocycles. The molecule has 0 bridgehead atoms. The van der Waals surface area contributed by atoms with E-state index in [1.165, 1.54) is 29.8 Å². The molecule has 0 atom stereocenters. The number of carbonyl (C=O) groups is 2. The van der Waals surface area contributed by atoms with Gasteiger partial charge < -0.3 is 4.90 Å². The monoisotopic (exact) mass is 412 g/mol. The Morgan fingerprint density at radius 2 is 1.75 bits per heavy atom. The predicted octanol–water partition coefficient (Wildman–Crippen LogP) is 5.57. The van der Waals surface area contributed by atoms with Gasteiger partial charge in [-0.25, -0.2) is 0 Å². The quantitative estimate of drug-likeness (QED) is 0.616. The largest absolute Gasteiger partial charge is 0.372 e. The highest BCUT2D eigenvalue weighted by atomic mass is 35.5. The Morgan fingerprint density at radius 1 is 1.00 bits per heavy atom. The lowest BCUT2D eigenvalue weighted by atomic mass is 10.1. The van der Waals surface area contributed by atoms with E-state index >= 15 is 0 Å². The fraction of sp³-hybridized carbons (Fsp3) is 0.273. The Hall–Kier alpha value is -2.24. The highest BCUT2D eigenvalue weighted by molar-refractivity contribution is 8.18. The van der Waals surface area contributed by atoms with Gasteiger partial charge in [0, 0.05) is 23.8 Å². The van der Waals surface area contributed by atoms with Gasteiger partial charge in [0.25, 0.3) is 11.1 Å². The SMILES string of the molecule is O=C1S/C(=C\c2ccc(N3CCCCC3)cc2)C(=O)N1Cc1cccc(Cl)c1. The van der Waals surface area contributed by atoms with Crippen LogP contribution in [0.4, 0.5) is 10.5 Å². The van der Waals surface area contributed by atoms with E-state index in [1.54, 1.807) is 18.2 Å². The molecule has 0 radical (unpaired) electrons. The van der Waals surface area contributed by atoms with Crippen molar-refractivity contribution in [2.75, 3.05) is 18.0 Å². The van der Waals surface area contributed by atoms with Gasteiger partial charge in [0.2, 0.25) is 0 Å². The Bertz CT molecular complexity index is 920. The molecule has 0 aliphatic carbocycles. The van der Waals surface area contributed by atoms with Crippen LogP contribution in [0.25, 0.3) is 6.08 Å². The van der Waals surface area contributed by atoms with Gasteiger partial charge in [-0.15, -0.1) is 0 Å². The summed E-state index contributed by atoms with van der Waals surface area (Å²) in [5.74, 6) is -0.255. The minimum absolute atomic E-state index is 0.233. The number of rotatable bonds is 4. The summed E-state index contributed by atoms with van der Waals surface area (Å²) >= 11 is 6.99. The Labute approximate surface area is 174 Å². The zero-order valence-corrected chi connectivity index (χ0v) is 17.0. The predicted molar refractivity (Wildman–Crippen MR) is 115 cm³/mol. The standard InChI is InChI=1S/C22H21ClN2O2S/c23-18-6-4-5-17(13-18)15-25-21(26)20(28-22(25)27)14-16-7-9-19(10-8-16)24-11-2-1-3-12-24/h4-10,13-14H,1-3,11-12,15H2/b20-14-. The summed E-state index contributed by atoms with van der Waals surface area (Å²) < 4.78 is 0. The van der Waals surface area contributed by atoms with E-state index in [1.807, 2.05) is 24.3 Å². The second-order valence-electron chi connectivity index (χ2n) is 7.04. The van der Waals surface area contributed by atoms with Crippen LogP contribution < -0.4 is 4.90 Å². The number of anilines is 1. The molecule has 0 aromatic heterocycles. The molecule has 2 aromatic carbocycles. The molecule has 2 saturated heterocycles. The van der Waals surface area contributed by atoms with Crippen LogP contribution in [-0.2, 0) is 11.3 Å². The van der Waals surface area contributed by atoms with Crippen molar-refractivity contribution < 1.29 is 9.59 Å². The third-order valence-electron chi connectivity index (χ3n) is 5.02. The number of hydrogen-bond acceptors (Lipinski definition) is 4. The third kappa shape index (κ3) is 4.26. The summed E-state index contributed by atoms with van der Waals surface area (Å²) in [6, 6.07) is 15.4. The number of halogens is 1. The maximum Gasteiger partial charge on any atom is 0.293 e. The highest BCUT2D eigenvalue weighted by Gasteiger charge is 2.35. The second kappa shape index (κ2) is 8.41. The number of amides is 2. The zero-order chi connectivity index (χ0) is 19.5. The highest BCUT2D eigenvalue weighted by Crippen LogP contribution is 2.33. The van der Waals surface area contributed by atoms with Gasteiger partial charge in [0.1, 0.15) is 0 Å². The van der Waals surface area contributed by atoms with Crippen LogP contribution in [0.1, 0.15) is 30.4 Å². The average Bonchev–Trinajstić information content (AvgIpc) is 2.97. The van der Waals surface area contributed by atoms with Gasteiger partial charge in [-0.1, -0.05) is 35.9 Å². The first-order valence-corrected chi connectivity index (χ1v) is 10.6. The van der Waals surface area contributed by atoms with E-state index in [4.69, 9.17) is 11.6 Å². The zero-order valence-electron chi connectivity index (χ0n) is 15.4. The van der Waals surface area contributed by atoms with E-state index in [2.05, 4.69) is 17.0 Å². The Morgan fingerprint density at radius 3 is 2.46 bits per heavy atom. The van der Waals surface area contributed by atoms with Crippen molar-refractivity contribution in [3.63, 3.8) is 0 Å². The topological polar surface area (TPSA) is 40.6 Å². The molecular weight excluding hydrogens is 392 g/mol. The number of piperidine rings is 1. The van der Waals surface area contributed by atoms with Crippen molar-refractivity contribution in [3.8, 4) is 0 Å². The average molecular weight is 413 g/mol. The first-order valence-electron chi connectivity index (χ1n) is 9.45. The molecule has 2 aliphatic rings. The molecule has 4 rings (SSSR count). The molecule has 0 spiro atoms. The molecule has 6 heteroatoms. The second-order valence-corrected chi connectivity index (χ2v) is 8.47. The van der Waals surface area contributed by atoms with Gasteiger partial charge in [-0.2, -0.15) is 0 Å². The lowest BCUT2D eigenvalue weighted by molar-refractivity contribution is -0.123. The van der Waals surface area contributed by atoms with Gasteiger partial charge >= 0.3 is 0 Å². The van der Waals surface area contributed by atoms with Crippen LogP contribution in [0.3, 0.4) is 0 Å². The summed E-state index contributed by atoms with van der Waals surface area (Å²) in [6.07, 6.45) is 5.58. The van der Waals surface area contributed by atoms with Crippen LogP contribution in [-0.4, -0.2) is 29.1 Å². The summed E-state index contributed by atoms with van der Waals surface area (Å²) in [4.78, 5) is 29.1. The number of benzene rings is 2. The Balaban J connectivity index is 1.47. The molecule has 2 aromatic rings. The van der Waals surface area contributed by atoms with E-state index in [0.717, 1.165) is 36.0 Å². The van der Waals surface area contributed by atoms with Crippen LogP contribution in [0, 0.1) is 0 Å². The van der Waals surface area contributed by atoms with Crippen LogP contribution >= 0.6 is 23.4 Å². The fourth-order valence-corrected chi connectivity index (χ4v) is 4.59. The van der Waals surface area contributed by atoms with Gasteiger partial charge in [-0.05, 0) is 72.5 Å². The smallest absolute Gasteiger partial charge is 0.293 e. The minimum Gasteiger partial charge on any atom is -0.372 e. The maximum absolute atomic E-state index is 12.7. The normalized spacial score (nSPS) is 19.0. The molecule has 0 unspecified atom stereocenters. The summed E-state index contributed by atoms with van der Waals surface area (Å²) in [6.45, 7) is 2.43. The van der Waals surface area contributed by atoms with E-state index < -0.39 is 0 Å². The van der Waals surface area contributed by atoms with Gasteiger partial charge in [-0.3, -0.25) is 14.5 Å². The van der Waals surface area contributed by atoms with Crippen molar-refractivity contribution >= 4 is 46.3 Å². The summed E-state index contributed by atoms with van der Waals surface area (Å²) in [7, 11) is 0. The van der Waals surface area contributed by atoms with E-state index in [0.29, 0.717) is 9.93 Å². The first kappa shape index (κ1) is 19.1. The van der Waals surface area contributed by atoms with E-state index in [-0.39, 0.29) is 17.7 Å². The molecule has 2 heterocycles. The fourth-order valence-electron chi connectivity index (χ4n) is 3.54. The van der Waals surface area contributed by atoms with Crippen LogP contribution in [0.2, 0.25) is 5.02 Å². The van der Waals surface area contributed by atoms with Gasteiger partial charge in [0.05, 0.1) is 11.4 Å². The van der Waals surface area contributed by atoms with Crippen molar-refractivity contribution in [1.82, 2.24) is 4.90 Å².